The molecule has 0 radical (unpaired) electrons. The summed E-state index contributed by atoms with van der Waals surface area (Å²) in [5.41, 5.74) is 5.50. The minimum absolute atomic E-state index is 0.0489. The van der Waals surface area contributed by atoms with E-state index in [-0.39, 0.29) is 11.6 Å². The minimum Gasteiger partial charge on any atom is -0.348 e. The topological polar surface area (TPSA) is 64.2 Å². The summed E-state index contributed by atoms with van der Waals surface area (Å²) in [6, 6.07) is 0.219. The fourth-order valence-electron chi connectivity index (χ4n) is 1.63. The van der Waals surface area contributed by atoms with Crippen LogP contribution in [0.3, 0.4) is 0 Å². The van der Waals surface area contributed by atoms with Gasteiger partial charge in [-0.15, -0.1) is 0 Å². The van der Waals surface area contributed by atoms with Gasteiger partial charge in [-0.1, -0.05) is 0 Å². The van der Waals surface area contributed by atoms with E-state index in [1.807, 2.05) is 25.7 Å². The average Bonchev–Trinajstić information content (AvgIpc) is 2.26. The van der Waals surface area contributed by atoms with Gasteiger partial charge in [-0.3, -0.25) is 4.79 Å². The molecular weight excluding hydrogens is 204 g/mol. The van der Waals surface area contributed by atoms with Gasteiger partial charge in [0.05, 0.1) is 0 Å². The first-order chi connectivity index (χ1) is 7.61. The molecule has 0 saturated carbocycles. The predicted molar refractivity (Wildman–Crippen MR) is 65.7 cm³/mol. The van der Waals surface area contributed by atoms with Gasteiger partial charge in [0, 0.05) is 38.1 Å². The lowest BCUT2D eigenvalue weighted by Gasteiger charge is -2.26. The molecule has 0 aliphatic carbocycles. The monoisotopic (exact) mass is 224 g/mol. The molecule has 0 aliphatic rings. The average molecular weight is 224 g/mol. The van der Waals surface area contributed by atoms with Crippen LogP contribution in [0.25, 0.3) is 0 Å². The summed E-state index contributed by atoms with van der Waals surface area (Å²) in [6.45, 7) is 7.81. The first-order valence-corrected chi connectivity index (χ1v) is 5.64. The van der Waals surface area contributed by atoms with Crippen LogP contribution in [-0.2, 0) is 6.54 Å². The molecule has 90 valence electrons. The molecule has 1 rings (SSSR count). The SMILES string of the molecule is CCn1ccnc(N(CCN)C(C)C)c1=O. The third kappa shape index (κ3) is 2.61. The van der Waals surface area contributed by atoms with Crippen molar-refractivity contribution in [3.05, 3.63) is 22.7 Å². The molecule has 1 aromatic rings. The van der Waals surface area contributed by atoms with Crippen molar-refractivity contribution in [2.45, 2.75) is 33.4 Å². The van der Waals surface area contributed by atoms with Crippen molar-refractivity contribution in [2.24, 2.45) is 5.73 Å². The summed E-state index contributed by atoms with van der Waals surface area (Å²) in [5, 5.41) is 0. The first kappa shape index (κ1) is 12.7. The van der Waals surface area contributed by atoms with Crippen LogP contribution >= 0.6 is 0 Å². The zero-order chi connectivity index (χ0) is 12.1. The standard InChI is InChI=1S/C11H20N4O/c1-4-14-8-6-13-10(11(14)16)15(7-5-12)9(2)3/h6,8-9H,4-5,7,12H2,1-3H3. The van der Waals surface area contributed by atoms with E-state index >= 15 is 0 Å². The van der Waals surface area contributed by atoms with E-state index in [4.69, 9.17) is 5.73 Å². The lowest BCUT2D eigenvalue weighted by molar-refractivity contribution is 0.648. The second kappa shape index (κ2) is 5.65. The quantitative estimate of drug-likeness (QED) is 0.788. The number of hydrogen-bond acceptors (Lipinski definition) is 4. The van der Waals surface area contributed by atoms with Crippen LogP contribution in [-0.4, -0.2) is 28.7 Å². The second-order valence-corrected chi connectivity index (χ2v) is 3.92. The molecule has 16 heavy (non-hydrogen) atoms. The third-order valence-corrected chi connectivity index (χ3v) is 2.50. The maximum atomic E-state index is 12.0. The maximum absolute atomic E-state index is 12.0. The summed E-state index contributed by atoms with van der Waals surface area (Å²) < 4.78 is 1.65. The Morgan fingerprint density at radius 3 is 2.75 bits per heavy atom. The van der Waals surface area contributed by atoms with Gasteiger partial charge in [-0.25, -0.2) is 4.98 Å². The van der Waals surface area contributed by atoms with Crippen molar-refractivity contribution in [1.82, 2.24) is 9.55 Å². The van der Waals surface area contributed by atoms with Crippen LogP contribution < -0.4 is 16.2 Å². The van der Waals surface area contributed by atoms with Crippen molar-refractivity contribution in [3.63, 3.8) is 0 Å². The van der Waals surface area contributed by atoms with E-state index < -0.39 is 0 Å². The zero-order valence-electron chi connectivity index (χ0n) is 10.2. The van der Waals surface area contributed by atoms with Crippen LogP contribution in [0.15, 0.2) is 17.2 Å². The number of rotatable bonds is 5. The van der Waals surface area contributed by atoms with Gasteiger partial charge < -0.3 is 15.2 Å². The van der Waals surface area contributed by atoms with Gasteiger partial charge in [0.15, 0.2) is 5.82 Å². The molecule has 0 amide bonds. The summed E-state index contributed by atoms with van der Waals surface area (Å²) in [6.07, 6.45) is 3.36. The van der Waals surface area contributed by atoms with Crippen LogP contribution in [0.4, 0.5) is 5.82 Å². The molecule has 0 spiro atoms. The summed E-state index contributed by atoms with van der Waals surface area (Å²) in [4.78, 5) is 18.1. The highest BCUT2D eigenvalue weighted by Gasteiger charge is 2.15. The lowest BCUT2D eigenvalue weighted by Crippen LogP contribution is -2.40. The molecule has 5 nitrogen and oxygen atoms in total. The number of aryl methyl sites for hydroxylation is 1. The van der Waals surface area contributed by atoms with Gasteiger partial charge in [-0.2, -0.15) is 0 Å². The molecule has 0 atom stereocenters. The second-order valence-electron chi connectivity index (χ2n) is 3.92. The summed E-state index contributed by atoms with van der Waals surface area (Å²) in [7, 11) is 0. The Hall–Kier alpha value is -1.36. The van der Waals surface area contributed by atoms with Crippen molar-refractivity contribution in [2.75, 3.05) is 18.0 Å². The van der Waals surface area contributed by atoms with Gasteiger partial charge in [0.1, 0.15) is 0 Å². The Bertz CT molecular complexity index is 386. The Morgan fingerprint density at radius 1 is 1.56 bits per heavy atom. The Kier molecular flexibility index (Phi) is 4.49. The maximum Gasteiger partial charge on any atom is 0.293 e. The fourth-order valence-corrected chi connectivity index (χ4v) is 1.63. The number of hydrogen-bond donors (Lipinski definition) is 1. The summed E-state index contributed by atoms with van der Waals surface area (Å²) in [5.74, 6) is 0.491. The highest BCUT2D eigenvalue weighted by Crippen LogP contribution is 2.07. The van der Waals surface area contributed by atoms with Crippen LogP contribution in [0, 0.1) is 0 Å². The molecule has 1 aromatic heterocycles. The van der Waals surface area contributed by atoms with E-state index in [9.17, 15) is 4.79 Å². The van der Waals surface area contributed by atoms with E-state index in [0.29, 0.717) is 25.5 Å². The minimum atomic E-state index is -0.0489. The Morgan fingerprint density at radius 2 is 2.25 bits per heavy atom. The zero-order valence-corrected chi connectivity index (χ0v) is 10.2. The lowest BCUT2D eigenvalue weighted by atomic mass is 10.3. The van der Waals surface area contributed by atoms with Gasteiger partial charge >= 0.3 is 0 Å². The number of aromatic nitrogens is 2. The molecule has 0 saturated heterocycles. The van der Waals surface area contributed by atoms with Crippen LogP contribution in [0.1, 0.15) is 20.8 Å². The number of nitrogens with zero attached hydrogens (tertiary/aromatic N) is 3. The normalized spacial score (nSPS) is 10.8. The van der Waals surface area contributed by atoms with Crippen LogP contribution in [0.2, 0.25) is 0 Å². The van der Waals surface area contributed by atoms with E-state index in [1.165, 1.54) is 0 Å². The fraction of sp³-hybridized carbons (Fsp3) is 0.636. The molecule has 5 heteroatoms. The molecule has 0 aromatic carbocycles. The van der Waals surface area contributed by atoms with Gasteiger partial charge in [0.2, 0.25) is 0 Å². The molecule has 0 aliphatic heterocycles. The molecule has 0 fully saturated rings. The van der Waals surface area contributed by atoms with Crippen molar-refractivity contribution in [3.8, 4) is 0 Å². The Labute approximate surface area is 95.9 Å². The number of anilines is 1. The molecule has 0 unspecified atom stereocenters. The van der Waals surface area contributed by atoms with E-state index in [0.717, 1.165) is 0 Å². The van der Waals surface area contributed by atoms with Crippen molar-refractivity contribution in [1.29, 1.82) is 0 Å². The molecule has 0 bridgehead atoms. The largest absolute Gasteiger partial charge is 0.348 e. The summed E-state index contributed by atoms with van der Waals surface area (Å²) >= 11 is 0. The van der Waals surface area contributed by atoms with Crippen LogP contribution in [0.5, 0.6) is 0 Å². The first-order valence-electron chi connectivity index (χ1n) is 5.64. The van der Waals surface area contributed by atoms with Gasteiger partial charge in [-0.05, 0) is 20.8 Å². The molecular formula is C11H20N4O. The highest BCUT2D eigenvalue weighted by molar-refractivity contribution is 5.36. The molecule has 1 heterocycles. The van der Waals surface area contributed by atoms with Crippen molar-refractivity contribution >= 4 is 5.82 Å². The number of nitrogens with two attached hydrogens (primary N) is 1. The third-order valence-electron chi connectivity index (χ3n) is 2.50. The smallest absolute Gasteiger partial charge is 0.293 e. The van der Waals surface area contributed by atoms with Gasteiger partial charge in [0.25, 0.3) is 5.56 Å². The highest BCUT2D eigenvalue weighted by atomic mass is 16.1. The van der Waals surface area contributed by atoms with Crippen molar-refractivity contribution < 1.29 is 0 Å². The van der Waals surface area contributed by atoms with E-state index in [1.54, 1.807) is 17.0 Å². The van der Waals surface area contributed by atoms with E-state index in [2.05, 4.69) is 4.98 Å². The molecule has 2 N–H and O–H groups in total. The predicted octanol–water partition coefficient (Wildman–Crippen LogP) is 0.437. The Balaban J connectivity index is 3.14.